The Bertz CT molecular complexity index is 416. The van der Waals surface area contributed by atoms with E-state index in [2.05, 4.69) is 10.2 Å². The zero-order valence-corrected chi connectivity index (χ0v) is 11.9. The Hall–Kier alpha value is -1.04. The normalized spacial score (nSPS) is 24.2. The van der Waals surface area contributed by atoms with Crippen LogP contribution < -0.4 is 0 Å². The smallest absolute Gasteiger partial charge is 0.232 e. The molecule has 5 nitrogen and oxygen atoms in total. The molecule has 1 aliphatic heterocycles. The van der Waals surface area contributed by atoms with E-state index >= 15 is 0 Å². The van der Waals surface area contributed by atoms with Gasteiger partial charge in [0.15, 0.2) is 0 Å². The number of carbonyl (C=O) groups is 1. The monoisotopic (exact) mass is 280 g/mol. The molecule has 1 saturated carbocycles. The van der Waals surface area contributed by atoms with Gasteiger partial charge in [-0.25, -0.2) is 0 Å². The number of aromatic nitrogens is 3. The molecular formula is C13H20N4OS. The number of amides is 1. The maximum absolute atomic E-state index is 12.2. The third kappa shape index (κ3) is 3.11. The van der Waals surface area contributed by atoms with E-state index in [1.807, 2.05) is 16.7 Å². The van der Waals surface area contributed by atoms with Crippen molar-refractivity contribution in [3.63, 3.8) is 0 Å². The summed E-state index contributed by atoms with van der Waals surface area (Å²) in [6, 6.07) is 0.260. The highest BCUT2D eigenvalue weighted by Gasteiger charge is 2.28. The predicted molar refractivity (Wildman–Crippen MR) is 75.0 cm³/mol. The number of carbonyl (C=O) groups excluding carboxylic acids is 1. The molecule has 1 saturated heterocycles. The summed E-state index contributed by atoms with van der Waals surface area (Å²) in [6.07, 6.45) is 9.61. The molecule has 0 spiro atoms. The van der Waals surface area contributed by atoms with Crippen LogP contribution in [0.3, 0.4) is 0 Å². The zero-order valence-electron chi connectivity index (χ0n) is 11.1. The maximum atomic E-state index is 12.2. The lowest BCUT2D eigenvalue weighted by Crippen LogP contribution is -2.31. The Morgan fingerprint density at radius 1 is 1.21 bits per heavy atom. The molecule has 0 N–H and O–H groups in total. The lowest BCUT2D eigenvalue weighted by Gasteiger charge is -2.17. The number of likely N-dealkylation sites (tertiary alicyclic amines) is 1. The van der Waals surface area contributed by atoms with Crippen molar-refractivity contribution in [3.05, 3.63) is 12.4 Å². The van der Waals surface area contributed by atoms with Crippen LogP contribution in [-0.4, -0.2) is 49.9 Å². The van der Waals surface area contributed by atoms with Crippen molar-refractivity contribution in [2.45, 2.75) is 43.4 Å². The van der Waals surface area contributed by atoms with E-state index in [-0.39, 0.29) is 11.9 Å². The molecule has 6 heteroatoms. The van der Waals surface area contributed by atoms with Crippen LogP contribution >= 0.6 is 11.8 Å². The molecule has 1 unspecified atom stereocenters. The summed E-state index contributed by atoms with van der Waals surface area (Å²) < 4.78 is 0. The fourth-order valence-corrected chi connectivity index (χ4v) is 4.13. The number of hydrogen-bond acceptors (Lipinski definition) is 4. The largest absolute Gasteiger partial charge is 0.340 e. The number of nitrogens with zero attached hydrogens (tertiary/aromatic N) is 4. The molecular weight excluding hydrogens is 260 g/mol. The lowest BCUT2D eigenvalue weighted by atomic mass is 10.3. The van der Waals surface area contributed by atoms with Gasteiger partial charge in [-0.2, -0.15) is 15.0 Å². The van der Waals surface area contributed by atoms with Crippen molar-refractivity contribution in [1.82, 2.24) is 19.9 Å². The van der Waals surface area contributed by atoms with Gasteiger partial charge in [-0.3, -0.25) is 4.79 Å². The second kappa shape index (κ2) is 5.94. The minimum atomic E-state index is 0.260. The fraction of sp³-hybridized carbons (Fsp3) is 0.769. The molecule has 3 rings (SSSR count). The van der Waals surface area contributed by atoms with E-state index in [1.54, 1.807) is 17.2 Å². The first-order valence-corrected chi connectivity index (χ1v) is 8.13. The van der Waals surface area contributed by atoms with Crippen LogP contribution in [0.1, 0.15) is 38.1 Å². The lowest BCUT2D eigenvalue weighted by molar-refractivity contribution is -0.127. The molecule has 0 radical (unpaired) electrons. The molecule has 19 heavy (non-hydrogen) atoms. The van der Waals surface area contributed by atoms with Crippen molar-refractivity contribution < 1.29 is 4.79 Å². The van der Waals surface area contributed by atoms with E-state index in [1.165, 1.54) is 25.7 Å². The highest BCUT2D eigenvalue weighted by molar-refractivity contribution is 8.00. The minimum Gasteiger partial charge on any atom is -0.340 e. The zero-order chi connectivity index (χ0) is 13.1. The standard InChI is InChI=1S/C13H20N4OS/c18-13(10-19-12-3-1-2-4-12)16-8-5-11(9-16)17-14-6-7-15-17/h6-7,11-12H,1-5,8-10H2. The molecule has 2 fully saturated rings. The molecule has 2 heterocycles. The van der Waals surface area contributed by atoms with E-state index in [9.17, 15) is 4.79 Å². The third-order valence-corrected chi connectivity index (χ3v) is 5.38. The predicted octanol–water partition coefficient (Wildman–Crippen LogP) is 1.73. The Balaban J connectivity index is 1.46. The number of hydrogen-bond donors (Lipinski definition) is 0. The van der Waals surface area contributed by atoms with Crippen molar-refractivity contribution in [2.75, 3.05) is 18.8 Å². The summed E-state index contributed by atoms with van der Waals surface area (Å²) >= 11 is 1.85. The highest BCUT2D eigenvalue weighted by atomic mass is 32.2. The second-order valence-corrected chi connectivity index (χ2v) is 6.64. The van der Waals surface area contributed by atoms with Gasteiger partial charge in [0.1, 0.15) is 0 Å². The molecule has 0 bridgehead atoms. The van der Waals surface area contributed by atoms with Crippen LogP contribution in [0.4, 0.5) is 0 Å². The molecule has 1 atom stereocenters. The summed E-state index contributed by atoms with van der Waals surface area (Å²) in [7, 11) is 0. The van der Waals surface area contributed by atoms with E-state index in [0.717, 1.165) is 24.8 Å². The minimum absolute atomic E-state index is 0.260. The van der Waals surface area contributed by atoms with Gasteiger partial charge in [0.25, 0.3) is 0 Å². The molecule has 1 aromatic heterocycles. The fourth-order valence-electron chi connectivity index (χ4n) is 2.91. The summed E-state index contributed by atoms with van der Waals surface area (Å²) in [6.45, 7) is 1.61. The third-order valence-electron chi connectivity index (χ3n) is 4.02. The summed E-state index contributed by atoms with van der Waals surface area (Å²) in [5.41, 5.74) is 0. The first kappa shape index (κ1) is 13.0. The Kier molecular flexibility index (Phi) is 4.06. The second-order valence-electron chi connectivity index (χ2n) is 5.35. The first-order chi connectivity index (χ1) is 9.33. The summed E-state index contributed by atoms with van der Waals surface area (Å²) in [5, 5.41) is 9.04. The van der Waals surface area contributed by atoms with Crippen molar-refractivity contribution in [1.29, 1.82) is 0 Å². The van der Waals surface area contributed by atoms with Gasteiger partial charge in [-0.15, -0.1) is 11.8 Å². The SMILES string of the molecule is O=C(CSC1CCCC1)N1CCC(n2nccn2)C1. The van der Waals surface area contributed by atoms with Crippen LogP contribution in [0.2, 0.25) is 0 Å². The molecule has 1 aliphatic carbocycles. The topological polar surface area (TPSA) is 51.0 Å². The first-order valence-electron chi connectivity index (χ1n) is 7.08. The van der Waals surface area contributed by atoms with Crippen LogP contribution in [-0.2, 0) is 4.79 Å². The van der Waals surface area contributed by atoms with Gasteiger partial charge in [0.2, 0.25) is 5.91 Å². The van der Waals surface area contributed by atoms with Crippen molar-refractivity contribution >= 4 is 17.7 Å². The van der Waals surface area contributed by atoms with E-state index < -0.39 is 0 Å². The quantitative estimate of drug-likeness (QED) is 0.843. The maximum Gasteiger partial charge on any atom is 0.232 e. The van der Waals surface area contributed by atoms with Gasteiger partial charge >= 0.3 is 0 Å². The molecule has 0 aromatic carbocycles. The Morgan fingerprint density at radius 3 is 2.68 bits per heavy atom. The number of rotatable bonds is 4. The average molecular weight is 280 g/mol. The molecule has 2 aliphatic rings. The average Bonchev–Trinajstić information content (AvgIpc) is 3.14. The Labute approximate surface area is 117 Å². The van der Waals surface area contributed by atoms with Gasteiger partial charge in [-0.05, 0) is 19.3 Å². The highest BCUT2D eigenvalue weighted by Crippen LogP contribution is 2.30. The van der Waals surface area contributed by atoms with Gasteiger partial charge in [0, 0.05) is 18.3 Å². The van der Waals surface area contributed by atoms with E-state index in [0.29, 0.717) is 5.75 Å². The van der Waals surface area contributed by atoms with Crippen LogP contribution in [0, 0.1) is 0 Å². The summed E-state index contributed by atoms with van der Waals surface area (Å²) in [5.74, 6) is 0.927. The number of thioether (sulfide) groups is 1. The van der Waals surface area contributed by atoms with Crippen LogP contribution in [0.25, 0.3) is 0 Å². The molecule has 1 aromatic rings. The van der Waals surface area contributed by atoms with Gasteiger partial charge in [0.05, 0.1) is 24.2 Å². The van der Waals surface area contributed by atoms with Gasteiger partial charge < -0.3 is 4.90 Å². The Morgan fingerprint density at radius 2 is 1.95 bits per heavy atom. The van der Waals surface area contributed by atoms with Crippen molar-refractivity contribution in [2.24, 2.45) is 0 Å². The van der Waals surface area contributed by atoms with E-state index in [4.69, 9.17) is 0 Å². The molecule has 1 amide bonds. The summed E-state index contributed by atoms with van der Waals surface area (Å²) in [4.78, 5) is 15.9. The van der Waals surface area contributed by atoms with Gasteiger partial charge in [-0.1, -0.05) is 12.8 Å². The van der Waals surface area contributed by atoms with Crippen molar-refractivity contribution in [3.8, 4) is 0 Å². The van der Waals surface area contributed by atoms with Crippen LogP contribution in [0.5, 0.6) is 0 Å². The molecule has 104 valence electrons. The van der Waals surface area contributed by atoms with Crippen LogP contribution in [0.15, 0.2) is 12.4 Å².